The van der Waals surface area contributed by atoms with Crippen LogP contribution in [0.25, 0.3) is 0 Å². The smallest absolute Gasteiger partial charge is 0.305 e. The molecule has 11 nitrogen and oxygen atoms in total. The van der Waals surface area contributed by atoms with Gasteiger partial charge in [0.15, 0.2) is 12.2 Å². The molecule has 0 aliphatic carbocycles. The molecule has 1 fully saturated rings. The van der Waals surface area contributed by atoms with Gasteiger partial charge in [-0.3, -0.25) is 24.0 Å². The zero-order valence-electron chi connectivity index (χ0n) is 18.1. The SMILES string of the molecule is CC(=O)OCC1O[C@@H](OC(C)=O)C(NC(=O)c2ccccc2)C(OC(C)=O)[C@H]1OC(C)=O. The number of hydrogen-bond donors (Lipinski definition) is 1. The molecule has 174 valence electrons. The Morgan fingerprint density at radius 3 is 1.91 bits per heavy atom. The molecule has 5 atom stereocenters. The van der Waals surface area contributed by atoms with E-state index in [9.17, 15) is 24.0 Å². The number of benzene rings is 1. The maximum absolute atomic E-state index is 12.8. The van der Waals surface area contributed by atoms with E-state index >= 15 is 0 Å². The van der Waals surface area contributed by atoms with Crippen molar-refractivity contribution in [3.05, 3.63) is 35.9 Å². The van der Waals surface area contributed by atoms with E-state index in [2.05, 4.69) is 5.32 Å². The number of esters is 4. The van der Waals surface area contributed by atoms with E-state index in [1.165, 1.54) is 6.92 Å². The molecule has 0 bridgehead atoms. The summed E-state index contributed by atoms with van der Waals surface area (Å²) in [6.07, 6.45) is -5.18. The summed E-state index contributed by atoms with van der Waals surface area (Å²) in [5, 5.41) is 2.62. The zero-order valence-corrected chi connectivity index (χ0v) is 18.1. The second-order valence-electron chi connectivity index (χ2n) is 6.97. The molecule has 3 unspecified atom stereocenters. The summed E-state index contributed by atoms with van der Waals surface area (Å²) in [5.74, 6) is -3.44. The lowest BCUT2D eigenvalue weighted by Gasteiger charge is -2.44. The fraction of sp³-hybridized carbons (Fsp3) is 0.476. The van der Waals surface area contributed by atoms with Gasteiger partial charge >= 0.3 is 23.9 Å². The first-order valence-electron chi connectivity index (χ1n) is 9.75. The highest BCUT2D eigenvalue weighted by Crippen LogP contribution is 2.28. The molecule has 0 aromatic heterocycles. The van der Waals surface area contributed by atoms with Crippen LogP contribution in [0.15, 0.2) is 30.3 Å². The van der Waals surface area contributed by atoms with Gasteiger partial charge in [0.2, 0.25) is 6.29 Å². The lowest BCUT2D eigenvalue weighted by atomic mass is 9.95. The van der Waals surface area contributed by atoms with E-state index in [4.69, 9.17) is 23.7 Å². The van der Waals surface area contributed by atoms with Crippen LogP contribution in [0.1, 0.15) is 38.1 Å². The van der Waals surface area contributed by atoms with Crippen molar-refractivity contribution >= 4 is 29.8 Å². The molecule has 0 radical (unpaired) electrons. The Bertz CT molecular complexity index is 855. The van der Waals surface area contributed by atoms with Gasteiger partial charge in [0, 0.05) is 33.3 Å². The van der Waals surface area contributed by atoms with E-state index in [1.54, 1.807) is 30.3 Å². The largest absolute Gasteiger partial charge is 0.463 e. The van der Waals surface area contributed by atoms with Gasteiger partial charge in [0.25, 0.3) is 5.91 Å². The maximum Gasteiger partial charge on any atom is 0.305 e. The molecular formula is C21H25NO10. The lowest BCUT2D eigenvalue weighted by molar-refractivity contribution is -0.270. The summed E-state index contributed by atoms with van der Waals surface area (Å²) < 4.78 is 26.5. The van der Waals surface area contributed by atoms with Crippen LogP contribution in [0.5, 0.6) is 0 Å². The number of nitrogens with one attached hydrogen (secondary N) is 1. The first-order valence-corrected chi connectivity index (χ1v) is 9.75. The fourth-order valence-electron chi connectivity index (χ4n) is 3.14. The molecule has 32 heavy (non-hydrogen) atoms. The normalized spacial score (nSPS) is 24.6. The van der Waals surface area contributed by atoms with E-state index in [1.807, 2.05) is 0 Å². The van der Waals surface area contributed by atoms with Crippen molar-refractivity contribution in [1.29, 1.82) is 0 Å². The summed E-state index contributed by atoms with van der Waals surface area (Å²) in [5.41, 5.74) is 0.279. The number of carbonyl (C=O) groups excluding carboxylic acids is 5. The molecule has 1 saturated heterocycles. The summed E-state index contributed by atoms with van der Waals surface area (Å²) in [7, 11) is 0. The van der Waals surface area contributed by atoms with Gasteiger partial charge in [-0.05, 0) is 12.1 Å². The predicted molar refractivity (Wildman–Crippen MR) is 106 cm³/mol. The van der Waals surface area contributed by atoms with Gasteiger partial charge < -0.3 is 29.0 Å². The molecular weight excluding hydrogens is 426 g/mol. The minimum atomic E-state index is -1.43. The minimum Gasteiger partial charge on any atom is -0.463 e. The van der Waals surface area contributed by atoms with Crippen molar-refractivity contribution < 1.29 is 47.7 Å². The van der Waals surface area contributed by atoms with E-state index in [0.717, 1.165) is 20.8 Å². The Labute approximate surface area is 184 Å². The van der Waals surface area contributed by atoms with Crippen molar-refractivity contribution in [2.45, 2.75) is 58.3 Å². The molecule has 2 rings (SSSR count). The van der Waals surface area contributed by atoms with Crippen LogP contribution in [0.4, 0.5) is 0 Å². The second kappa shape index (κ2) is 11.2. The Balaban J connectivity index is 2.44. The van der Waals surface area contributed by atoms with Crippen molar-refractivity contribution in [2.75, 3.05) is 6.61 Å². The van der Waals surface area contributed by atoms with Gasteiger partial charge in [-0.25, -0.2) is 0 Å². The minimum absolute atomic E-state index is 0.279. The van der Waals surface area contributed by atoms with Crippen molar-refractivity contribution in [3.8, 4) is 0 Å². The third kappa shape index (κ3) is 7.05. The number of amides is 1. The van der Waals surface area contributed by atoms with E-state index < -0.39 is 60.4 Å². The van der Waals surface area contributed by atoms with Crippen LogP contribution < -0.4 is 5.32 Å². The highest BCUT2D eigenvalue weighted by Gasteiger charge is 2.52. The first-order chi connectivity index (χ1) is 15.1. The Morgan fingerprint density at radius 1 is 0.812 bits per heavy atom. The topological polar surface area (TPSA) is 144 Å². The molecule has 1 aromatic carbocycles. The molecule has 1 amide bonds. The second-order valence-corrected chi connectivity index (χ2v) is 6.97. The van der Waals surface area contributed by atoms with Crippen molar-refractivity contribution in [2.24, 2.45) is 0 Å². The van der Waals surface area contributed by atoms with Crippen LogP contribution in [-0.2, 0) is 42.9 Å². The Kier molecular flexibility index (Phi) is 8.71. The molecule has 0 spiro atoms. The van der Waals surface area contributed by atoms with E-state index in [-0.39, 0.29) is 12.2 Å². The number of rotatable bonds is 7. The molecule has 1 N–H and O–H groups in total. The Morgan fingerprint density at radius 2 is 1.38 bits per heavy atom. The highest BCUT2D eigenvalue weighted by atomic mass is 16.7. The standard InChI is InChI=1S/C21H25NO10/c1-11(23)28-10-16-18(29-12(2)24)19(30-13(3)25)17(21(32-16)31-14(4)26)22-20(27)15-8-6-5-7-9-15/h5-9,16-19,21H,10H2,1-4H3,(H,22,27)/t16?,17?,18-,19?,21+/m0/s1. The average molecular weight is 451 g/mol. The fourth-order valence-corrected chi connectivity index (χ4v) is 3.14. The average Bonchev–Trinajstić information content (AvgIpc) is 2.70. The summed E-state index contributed by atoms with van der Waals surface area (Å²) in [6, 6.07) is 6.88. The molecule has 1 aliphatic rings. The third-order valence-electron chi connectivity index (χ3n) is 4.32. The predicted octanol–water partition coefficient (Wildman–Crippen LogP) is 0.500. The van der Waals surface area contributed by atoms with Gasteiger partial charge in [-0.1, -0.05) is 18.2 Å². The number of hydrogen-bond acceptors (Lipinski definition) is 10. The van der Waals surface area contributed by atoms with Crippen molar-refractivity contribution in [3.63, 3.8) is 0 Å². The quantitative estimate of drug-likeness (QED) is 0.460. The molecule has 1 aromatic rings. The molecule has 1 heterocycles. The molecule has 0 saturated carbocycles. The van der Waals surface area contributed by atoms with Crippen LogP contribution in [-0.4, -0.2) is 67.0 Å². The monoisotopic (exact) mass is 451 g/mol. The zero-order chi connectivity index (χ0) is 23.8. The first kappa shape index (κ1) is 24.8. The van der Waals surface area contributed by atoms with E-state index in [0.29, 0.717) is 0 Å². The highest BCUT2D eigenvalue weighted by molar-refractivity contribution is 5.94. The van der Waals surface area contributed by atoms with Gasteiger partial charge in [-0.15, -0.1) is 0 Å². The summed E-state index contributed by atoms with van der Waals surface area (Å²) in [4.78, 5) is 59.3. The van der Waals surface area contributed by atoms with Gasteiger partial charge in [0.05, 0.1) is 0 Å². The third-order valence-corrected chi connectivity index (χ3v) is 4.32. The maximum atomic E-state index is 12.8. The van der Waals surface area contributed by atoms with Gasteiger partial charge in [-0.2, -0.15) is 0 Å². The Hall–Kier alpha value is -3.47. The summed E-state index contributed by atoms with van der Waals surface area (Å²) >= 11 is 0. The van der Waals surface area contributed by atoms with Crippen molar-refractivity contribution in [1.82, 2.24) is 5.32 Å². The van der Waals surface area contributed by atoms with Crippen LogP contribution in [0.3, 0.4) is 0 Å². The molecule has 11 heteroatoms. The van der Waals surface area contributed by atoms with Gasteiger partial charge in [0.1, 0.15) is 18.8 Å². The van der Waals surface area contributed by atoms with Crippen LogP contribution >= 0.6 is 0 Å². The summed E-state index contributed by atoms with van der Waals surface area (Å²) in [6.45, 7) is 4.16. The van der Waals surface area contributed by atoms with Crippen LogP contribution in [0.2, 0.25) is 0 Å². The van der Waals surface area contributed by atoms with Crippen LogP contribution in [0, 0.1) is 0 Å². The molecule has 1 aliphatic heterocycles. The number of carbonyl (C=O) groups is 5. The lowest BCUT2D eigenvalue weighted by Crippen LogP contribution is -2.67. The number of ether oxygens (including phenoxy) is 5.